The van der Waals surface area contributed by atoms with Crippen LogP contribution in [0, 0.1) is 11.3 Å². The number of aromatic nitrogens is 2. The first-order valence-electron chi connectivity index (χ1n) is 10.1. The minimum atomic E-state index is -0.735. The van der Waals surface area contributed by atoms with Crippen molar-refractivity contribution in [1.29, 1.82) is 5.26 Å². The zero-order chi connectivity index (χ0) is 23.1. The van der Waals surface area contributed by atoms with Gasteiger partial charge in [-0.15, -0.1) is 0 Å². The lowest BCUT2D eigenvalue weighted by Gasteiger charge is -2.14. The van der Waals surface area contributed by atoms with Crippen molar-refractivity contribution in [2.24, 2.45) is 0 Å². The molecule has 1 unspecified atom stereocenters. The van der Waals surface area contributed by atoms with Crippen molar-refractivity contribution < 1.29 is 9.59 Å². The van der Waals surface area contributed by atoms with E-state index in [4.69, 9.17) is 17.3 Å². The van der Waals surface area contributed by atoms with Gasteiger partial charge in [0, 0.05) is 6.54 Å². The molecule has 9 heteroatoms. The molecule has 32 heavy (non-hydrogen) atoms. The first-order valence-corrected chi connectivity index (χ1v) is 10.5. The van der Waals surface area contributed by atoms with Gasteiger partial charge in [0.15, 0.2) is 0 Å². The van der Waals surface area contributed by atoms with Crippen molar-refractivity contribution in [2.75, 3.05) is 12.3 Å². The molecule has 164 valence electrons. The lowest BCUT2D eigenvalue weighted by Crippen LogP contribution is -2.45. The fourth-order valence-electron chi connectivity index (χ4n) is 3.15. The van der Waals surface area contributed by atoms with Crippen molar-refractivity contribution in [1.82, 2.24) is 20.4 Å². The molecule has 0 saturated heterocycles. The lowest BCUT2D eigenvalue weighted by atomic mass is 10.1. The summed E-state index contributed by atoms with van der Waals surface area (Å²) in [5.41, 5.74) is 8.09. The highest BCUT2D eigenvalue weighted by Gasteiger charge is 2.19. The number of nitrogens with one attached hydrogen (secondary N) is 2. The number of nitrogens with two attached hydrogens (primary N) is 1. The number of benzene rings is 2. The molecule has 0 fully saturated rings. The largest absolute Gasteiger partial charge is 0.382 e. The zero-order valence-electron chi connectivity index (χ0n) is 17.5. The van der Waals surface area contributed by atoms with E-state index in [0.717, 1.165) is 5.69 Å². The van der Waals surface area contributed by atoms with Gasteiger partial charge in [-0.3, -0.25) is 9.59 Å². The van der Waals surface area contributed by atoms with Crippen LogP contribution in [0.15, 0.2) is 54.6 Å². The molecule has 0 spiro atoms. The molecule has 2 amide bonds. The summed E-state index contributed by atoms with van der Waals surface area (Å²) in [6, 6.07) is 17.3. The molecule has 1 heterocycles. The third-order valence-corrected chi connectivity index (χ3v) is 5.18. The van der Waals surface area contributed by atoms with Crippen molar-refractivity contribution >= 4 is 29.2 Å². The summed E-state index contributed by atoms with van der Waals surface area (Å²) in [6.07, 6.45) is 1.02. The third-order valence-electron chi connectivity index (χ3n) is 4.86. The number of nitriles is 1. The number of carbonyl (C=O) groups is 2. The number of nitrogens with zero attached hydrogens (tertiary/aromatic N) is 3. The van der Waals surface area contributed by atoms with Crippen LogP contribution in [0.4, 0.5) is 5.82 Å². The van der Waals surface area contributed by atoms with Crippen LogP contribution in [0.5, 0.6) is 0 Å². The van der Waals surface area contributed by atoms with E-state index in [9.17, 15) is 14.9 Å². The van der Waals surface area contributed by atoms with Crippen molar-refractivity contribution in [3.63, 3.8) is 0 Å². The summed E-state index contributed by atoms with van der Waals surface area (Å²) in [5.74, 6) is -0.451. The SMILES string of the molecule is CC(NC(=O)c1ccccc1Cl)C(=O)NCCCc1nn(-c2ccccc2)c(N)c1C#N. The standard InChI is InChI=1S/C23H23ClN6O2/c1-15(28-23(32)17-10-5-6-11-19(17)24)22(31)27-13-7-12-20-18(14-25)21(26)30(29-20)16-8-3-2-4-9-16/h2-6,8-11,15H,7,12-13,26H2,1H3,(H,27,31)(H,28,32). The fraction of sp³-hybridized carbons (Fsp3) is 0.217. The molecule has 0 aliphatic carbocycles. The lowest BCUT2D eigenvalue weighted by molar-refractivity contribution is -0.122. The highest BCUT2D eigenvalue weighted by molar-refractivity contribution is 6.33. The highest BCUT2D eigenvalue weighted by Crippen LogP contribution is 2.21. The molecule has 0 aliphatic heterocycles. The van der Waals surface area contributed by atoms with E-state index in [-0.39, 0.29) is 11.7 Å². The maximum absolute atomic E-state index is 12.3. The third kappa shape index (κ3) is 5.25. The average molecular weight is 451 g/mol. The number of halogens is 1. The van der Waals surface area contributed by atoms with Crippen LogP contribution in [0.1, 0.15) is 35.0 Å². The first kappa shape index (κ1) is 22.8. The van der Waals surface area contributed by atoms with E-state index in [1.165, 1.54) is 0 Å². The predicted octanol–water partition coefficient (Wildman–Crippen LogP) is 2.85. The quantitative estimate of drug-likeness (QED) is 0.455. The van der Waals surface area contributed by atoms with Crippen LogP contribution in [0.2, 0.25) is 5.02 Å². The van der Waals surface area contributed by atoms with E-state index < -0.39 is 11.9 Å². The van der Waals surface area contributed by atoms with Gasteiger partial charge in [0.2, 0.25) is 5.91 Å². The Bertz CT molecular complexity index is 1150. The van der Waals surface area contributed by atoms with E-state index in [1.807, 2.05) is 30.3 Å². The zero-order valence-corrected chi connectivity index (χ0v) is 18.3. The highest BCUT2D eigenvalue weighted by atomic mass is 35.5. The van der Waals surface area contributed by atoms with Gasteiger partial charge in [-0.25, -0.2) is 4.68 Å². The first-order chi connectivity index (χ1) is 15.4. The number of nitrogen functional groups attached to an aromatic ring is 1. The smallest absolute Gasteiger partial charge is 0.253 e. The van der Waals surface area contributed by atoms with Gasteiger partial charge < -0.3 is 16.4 Å². The van der Waals surface area contributed by atoms with Crippen LogP contribution < -0.4 is 16.4 Å². The number of anilines is 1. The summed E-state index contributed by atoms with van der Waals surface area (Å²) in [5, 5.41) is 19.7. The maximum Gasteiger partial charge on any atom is 0.253 e. The van der Waals surface area contributed by atoms with Crippen molar-refractivity contribution in [3.05, 3.63) is 76.4 Å². The van der Waals surface area contributed by atoms with Crippen LogP contribution >= 0.6 is 11.6 Å². The molecule has 0 aliphatic rings. The van der Waals surface area contributed by atoms with Gasteiger partial charge in [0.1, 0.15) is 23.5 Å². The maximum atomic E-state index is 12.3. The Morgan fingerprint density at radius 2 is 1.88 bits per heavy atom. The van der Waals surface area contributed by atoms with E-state index in [0.29, 0.717) is 41.2 Å². The Balaban J connectivity index is 1.53. The van der Waals surface area contributed by atoms with Crippen LogP contribution in [-0.2, 0) is 11.2 Å². The molecular formula is C23H23ClN6O2. The van der Waals surface area contributed by atoms with Crippen LogP contribution in [0.25, 0.3) is 5.69 Å². The minimum Gasteiger partial charge on any atom is -0.382 e. The Morgan fingerprint density at radius 3 is 2.56 bits per heavy atom. The molecule has 1 atom stereocenters. The number of hydrogen-bond acceptors (Lipinski definition) is 5. The van der Waals surface area contributed by atoms with Gasteiger partial charge in [-0.2, -0.15) is 10.4 Å². The van der Waals surface area contributed by atoms with E-state index in [1.54, 1.807) is 35.9 Å². The molecule has 3 aromatic rings. The summed E-state index contributed by atoms with van der Waals surface area (Å²) >= 11 is 6.02. The Labute approximate surface area is 191 Å². The van der Waals surface area contributed by atoms with Gasteiger partial charge >= 0.3 is 0 Å². The summed E-state index contributed by atoms with van der Waals surface area (Å²) in [4.78, 5) is 24.6. The minimum absolute atomic E-state index is 0.286. The number of rotatable bonds is 8. The second-order valence-electron chi connectivity index (χ2n) is 7.14. The second-order valence-corrected chi connectivity index (χ2v) is 7.54. The molecule has 0 saturated carbocycles. The molecule has 0 bridgehead atoms. The fourth-order valence-corrected chi connectivity index (χ4v) is 3.37. The monoisotopic (exact) mass is 450 g/mol. The van der Waals surface area contributed by atoms with Gasteiger partial charge in [0.05, 0.1) is 22.0 Å². The van der Waals surface area contributed by atoms with Crippen LogP contribution in [-0.4, -0.2) is 34.2 Å². The Kier molecular flexibility index (Phi) is 7.47. The molecule has 8 nitrogen and oxygen atoms in total. The Morgan fingerprint density at radius 1 is 1.19 bits per heavy atom. The molecule has 2 aromatic carbocycles. The van der Waals surface area contributed by atoms with Gasteiger partial charge in [0.25, 0.3) is 5.91 Å². The number of amides is 2. The molecule has 0 radical (unpaired) electrons. The van der Waals surface area contributed by atoms with Gasteiger partial charge in [-0.1, -0.05) is 41.9 Å². The number of carbonyl (C=O) groups excluding carboxylic acids is 2. The average Bonchev–Trinajstić information content (AvgIpc) is 3.12. The molecule has 3 rings (SSSR count). The predicted molar refractivity (Wildman–Crippen MR) is 122 cm³/mol. The van der Waals surface area contributed by atoms with Gasteiger partial charge in [-0.05, 0) is 44.0 Å². The topological polar surface area (TPSA) is 126 Å². The summed E-state index contributed by atoms with van der Waals surface area (Å²) in [6.45, 7) is 1.95. The molecule has 1 aromatic heterocycles. The number of hydrogen-bond donors (Lipinski definition) is 3. The normalized spacial score (nSPS) is 11.4. The number of para-hydroxylation sites is 1. The molecular weight excluding hydrogens is 428 g/mol. The summed E-state index contributed by atoms with van der Waals surface area (Å²) < 4.78 is 1.54. The summed E-state index contributed by atoms with van der Waals surface area (Å²) in [7, 11) is 0. The second kappa shape index (κ2) is 10.5. The Hall–Kier alpha value is -3.83. The number of aryl methyl sites for hydroxylation is 1. The van der Waals surface area contributed by atoms with Crippen LogP contribution in [0.3, 0.4) is 0 Å². The van der Waals surface area contributed by atoms with E-state index in [2.05, 4.69) is 21.8 Å². The van der Waals surface area contributed by atoms with E-state index >= 15 is 0 Å². The van der Waals surface area contributed by atoms with Crippen molar-refractivity contribution in [3.8, 4) is 11.8 Å². The van der Waals surface area contributed by atoms with Crippen molar-refractivity contribution in [2.45, 2.75) is 25.8 Å². The molecule has 4 N–H and O–H groups in total.